The largest absolute Gasteiger partial charge is 0.322 e. The minimum absolute atomic E-state index is 0.0956. The quantitative estimate of drug-likeness (QED) is 0.743. The topological polar surface area (TPSA) is 62.0 Å². The Morgan fingerprint density at radius 2 is 1.60 bits per heavy atom. The van der Waals surface area contributed by atoms with Gasteiger partial charge in [0.1, 0.15) is 5.56 Å². The summed E-state index contributed by atoms with van der Waals surface area (Å²) in [6.07, 6.45) is 0. The van der Waals surface area contributed by atoms with Crippen LogP contribution in [-0.2, 0) is 0 Å². The number of anilines is 1. The first-order valence-corrected chi connectivity index (χ1v) is 8.25. The van der Waals surface area contributed by atoms with Crippen LogP contribution in [0.4, 0.5) is 5.69 Å². The molecule has 0 atom stereocenters. The molecule has 0 spiro atoms. The second-order valence-corrected chi connectivity index (χ2v) is 6.18. The average Bonchev–Trinajstić information content (AvgIpc) is 2.62. The Kier molecular flexibility index (Phi) is 4.80. The minimum atomic E-state index is -0.408. The van der Waals surface area contributed by atoms with E-state index in [9.17, 15) is 9.59 Å². The Labute approximate surface area is 146 Å². The van der Waals surface area contributed by atoms with Crippen LogP contribution in [0.25, 0.3) is 11.3 Å². The highest BCUT2D eigenvalue weighted by molar-refractivity contribution is 6.04. The van der Waals surface area contributed by atoms with Crippen molar-refractivity contribution >= 4 is 11.6 Å². The van der Waals surface area contributed by atoms with Gasteiger partial charge in [-0.15, -0.1) is 0 Å². The van der Waals surface area contributed by atoms with Gasteiger partial charge < -0.3 is 10.3 Å². The van der Waals surface area contributed by atoms with Crippen LogP contribution in [0.2, 0.25) is 0 Å². The van der Waals surface area contributed by atoms with Gasteiger partial charge in [-0.25, -0.2) is 0 Å². The van der Waals surface area contributed by atoms with Gasteiger partial charge in [-0.3, -0.25) is 9.59 Å². The molecule has 0 aliphatic carbocycles. The summed E-state index contributed by atoms with van der Waals surface area (Å²) in [7, 11) is 0. The van der Waals surface area contributed by atoms with E-state index in [1.807, 2.05) is 54.6 Å². The normalized spacial score (nSPS) is 10.7. The van der Waals surface area contributed by atoms with E-state index in [-0.39, 0.29) is 11.5 Å². The molecular formula is C21H20N2O2. The molecule has 1 amide bonds. The van der Waals surface area contributed by atoms with Crippen molar-refractivity contribution in [1.82, 2.24) is 4.98 Å². The lowest BCUT2D eigenvalue weighted by atomic mass is 10.0. The fourth-order valence-corrected chi connectivity index (χ4v) is 2.74. The lowest BCUT2D eigenvalue weighted by Gasteiger charge is -2.13. The second-order valence-electron chi connectivity index (χ2n) is 6.18. The first-order valence-electron chi connectivity index (χ1n) is 8.25. The van der Waals surface area contributed by atoms with E-state index in [2.05, 4.69) is 24.1 Å². The molecular weight excluding hydrogens is 312 g/mol. The maximum absolute atomic E-state index is 12.5. The molecule has 0 saturated carbocycles. The number of amides is 1. The Hall–Kier alpha value is -3.14. The third-order valence-electron chi connectivity index (χ3n) is 4.07. The van der Waals surface area contributed by atoms with Gasteiger partial charge in [0, 0.05) is 11.4 Å². The number of pyridine rings is 1. The molecule has 0 unspecified atom stereocenters. The molecule has 0 aliphatic rings. The molecule has 1 aromatic heterocycles. The lowest BCUT2D eigenvalue weighted by Crippen LogP contribution is -2.23. The third kappa shape index (κ3) is 3.69. The van der Waals surface area contributed by atoms with Crippen LogP contribution in [0.15, 0.2) is 71.5 Å². The first-order chi connectivity index (χ1) is 12.1. The van der Waals surface area contributed by atoms with Crippen LogP contribution in [-0.4, -0.2) is 10.9 Å². The predicted molar refractivity (Wildman–Crippen MR) is 101 cm³/mol. The number of aromatic amines is 1. The SMILES string of the molecule is CC(C)c1ccccc1NC(=O)c1ccc(-c2ccccc2)[nH]c1=O. The van der Waals surface area contributed by atoms with Crippen molar-refractivity contribution in [2.24, 2.45) is 0 Å². The third-order valence-corrected chi connectivity index (χ3v) is 4.07. The maximum Gasteiger partial charge on any atom is 0.261 e. The fourth-order valence-electron chi connectivity index (χ4n) is 2.74. The number of H-pyrrole nitrogens is 1. The zero-order valence-electron chi connectivity index (χ0n) is 14.2. The average molecular weight is 332 g/mol. The Morgan fingerprint density at radius 1 is 0.920 bits per heavy atom. The number of rotatable bonds is 4. The number of carbonyl (C=O) groups is 1. The Bertz CT molecular complexity index is 943. The molecule has 25 heavy (non-hydrogen) atoms. The Morgan fingerprint density at radius 3 is 2.28 bits per heavy atom. The number of nitrogens with one attached hydrogen (secondary N) is 2. The monoisotopic (exact) mass is 332 g/mol. The molecule has 3 rings (SSSR count). The summed E-state index contributed by atoms with van der Waals surface area (Å²) in [4.78, 5) is 27.7. The van der Waals surface area contributed by atoms with Crippen molar-refractivity contribution in [1.29, 1.82) is 0 Å². The van der Waals surface area contributed by atoms with Gasteiger partial charge in [-0.1, -0.05) is 62.4 Å². The van der Waals surface area contributed by atoms with Gasteiger partial charge in [-0.05, 0) is 35.2 Å². The van der Waals surface area contributed by atoms with Crippen LogP contribution >= 0.6 is 0 Å². The summed E-state index contributed by atoms with van der Waals surface area (Å²) >= 11 is 0. The number of hydrogen-bond acceptors (Lipinski definition) is 2. The van der Waals surface area contributed by atoms with Gasteiger partial charge in [0.05, 0.1) is 0 Å². The molecule has 2 aromatic carbocycles. The fraction of sp³-hybridized carbons (Fsp3) is 0.143. The summed E-state index contributed by atoms with van der Waals surface area (Å²) in [6.45, 7) is 4.12. The van der Waals surface area contributed by atoms with Crippen molar-refractivity contribution in [3.63, 3.8) is 0 Å². The van der Waals surface area contributed by atoms with E-state index in [1.165, 1.54) is 0 Å². The van der Waals surface area contributed by atoms with E-state index in [1.54, 1.807) is 12.1 Å². The van der Waals surface area contributed by atoms with Crippen LogP contribution in [0.3, 0.4) is 0 Å². The molecule has 0 radical (unpaired) electrons. The highest BCUT2D eigenvalue weighted by atomic mass is 16.2. The van der Waals surface area contributed by atoms with Gasteiger partial charge in [0.25, 0.3) is 11.5 Å². The van der Waals surface area contributed by atoms with Crippen LogP contribution in [0, 0.1) is 0 Å². The smallest absolute Gasteiger partial charge is 0.261 e. The summed E-state index contributed by atoms with van der Waals surface area (Å²) < 4.78 is 0. The number of para-hydroxylation sites is 1. The van der Waals surface area contributed by atoms with Crippen LogP contribution in [0.5, 0.6) is 0 Å². The summed E-state index contributed by atoms with van der Waals surface area (Å²) in [5.41, 5.74) is 3.04. The van der Waals surface area contributed by atoms with Crippen molar-refractivity contribution in [2.45, 2.75) is 19.8 Å². The van der Waals surface area contributed by atoms with Crippen LogP contribution in [0.1, 0.15) is 35.7 Å². The molecule has 3 aromatic rings. The summed E-state index contributed by atoms with van der Waals surface area (Å²) in [5.74, 6) is -0.135. The maximum atomic E-state index is 12.5. The van der Waals surface area contributed by atoms with E-state index in [0.29, 0.717) is 5.69 Å². The number of benzene rings is 2. The Balaban J connectivity index is 1.88. The van der Waals surface area contributed by atoms with Crippen molar-refractivity contribution in [2.75, 3.05) is 5.32 Å². The number of aromatic nitrogens is 1. The first kappa shape index (κ1) is 16.7. The summed E-state index contributed by atoms with van der Waals surface area (Å²) in [6, 6.07) is 20.5. The molecule has 4 heteroatoms. The van der Waals surface area contributed by atoms with E-state index < -0.39 is 11.5 Å². The standard InChI is InChI=1S/C21H20N2O2/c1-14(2)16-10-6-7-11-19(16)23-21(25)17-12-13-18(22-20(17)24)15-8-4-3-5-9-15/h3-14H,1-2H3,(H,22,24)(H,23,25). The van der Waals surface area contributed by atoms with Crippen LogP contribution < -0.4 is 10.9 Å². The number of carbonyl (C=O) groups excluding carboxylic acids is 1. The van der Waals surface area contributed by atoms with E-state index >= 15 is 0 Å². The molecule has 0 fully saturated rings. The van der Waals surface area contributed by atoms with Gasteiger partial charge >= 0.3 is 0 Å². The lowest BCUT2D eigenvalue weighted by molar-refractivity contribution is 0.102. The molecule has 0 saturated heterocycles. The molecule has 1 heterocycles. The van der Waals surface area contributed by atoms with Gasteiger partial charge in [-0.2, -0.15) is 0 Å². The highest BCUT2D eigenvalue weighted by Gasteiger charge is 2.14. The predicted octanol–water partition coefficient (Wildman–Crippen LogP) is 4.42. The highest BCUT2D eigenvalue weighted by Crippen LogP contribution is 2.24. The zero-order chi connectivity index (χ0) is 17.8. The van der Waals surface area contributed by atoms with Gasteiger partial charge in [0.15, 0.2) is 0 Å². The summed E-state index contributed by atoms with van der Waals surface area (Å²) in [5, 5.41) is 2.85. The van der Waals surface area contributed by atoms with Crippen molar-refractivity contribution < 1.29 is 4.79 Å². The van der Waals surface area contributed by atoms with Gasteiger partial charge in [0.2, 0.25) is 0 Å². The van der Waals surface area contributed by atoms with Crippen molar-refractivity contribution in [3.8, 4) is 11.3 Å². The molecule has 0 bridgehead atoms. The van der Waals surface area contributed by atoms with Crippen molar-refractivity contribution in [3.05, 3.63) is 88.2 Å². The van der Waals surface area contributed by atoms with E-state index in [4.69, 9.17) is 0 Å². The van der Waals surface area contributed by atoms with E-state index in [0.717, 1.165) is 16.8 Å². The minimum Gasteiger partial charge on any atom is -0.322 e. The molecule has 2 N–H and O–H groups in total. The molecule has 126 valence electrons. The second kappa shape index (κ2) is 7.18. The molecule has 0 aliphatic heterocycles. The number of hydrogen-bond donors (Lipinski definition) is 2. The zero-order valence-corrected chi connectivity index (χ0v) is 14.2. The molecule has 4 nitrogen and oxygen atoms in total.